The van der Waals surface area contributed by atoms with Gasteiger partial charge in [0.15, 0.2) is 0 Å². The van der Waals surface area contributed by atoms with Crippen LogP contribution in [0.5, 0.6) is 0 Å². The first-order chi connectivity index (χ1) is 8.54. The van der Waals surface area contributed by atoms with Gasteiger partial charge in [-0.1, -0.05) is 0 Å². The second-order valence-corrected chi connectivity index (χ2v) is 8.33. The summed E-state index contributed by atoms with van der Waals surface area (Å²) in [7, 11) is -22.6. The molecule has 0 radical (unpaired) electrons. The Bertz CT molecular complexity index is 432. The quantitative estimate of drug-likeness (QED) is 0.264. The lowest BCUT2D eigenvalue weighted by Crippen LogP contribution is -1.91. The van der Waals surface area contributed by atoms with Gasteiger partial charge in [0, 0.05) is 0 Å². The van der Waals surface area contributed by atoms with Gasteiger partial charge in [-0.2, -0.15) is 8.62 Å². The summed E-state index contributed by atoms with van der Waals surface area (Å²) in [5, 5.41) is 0. The Hall–Kier alpha value is 0.750. The number of rotatable bonds is 6. The van der Waals surface area contributed by atoms with Crippen molar-refractivity contribution in [2.45, 2.75) is 0 Å². The maximum atomic E-state index is 10.4. The second-order valence-electron chi connectivity index (χ2n) is 2.25. The predicted molar refractivity (Wildman–Crippen MR) is 59.6 cm³/mol. The van der Waals surface area contributed by atoms with Gasteiger partial charge in [0.25, 0.3) is 0 Å². The Labute approximate surface area is 111 Å². The zero-order valence-corrected chi connectivity index (χ0v) is 13.4. The summed E-state index contributed by atoms with van der Waals surface area (Å²) >= 11 is 0. The van der Waals surface area contributed by atoms with E-state index in [0.717, 1.165) is 0 Å². The molecule has 20 heavy (non-hydrogen) atoms. The molecule has 0 rings (SSSR count). The highest BCUT2D eigenvalue weighted by atomic mass is 31.3. The summed E-state index contributed by atoms with van der Waals surface area (Å²) < 4.78 is 58.7. The maximum Gasteiger partial charge on any atom is 0.490 e. The van der Waals surface area contributed by atoms with Gasteiger partial charge in [0.2, 0.25) is 0 Å². The molecule has 20 heteroatoms. The van der Waals surface area contributed by atoms with E-state index in [2.05, 4.69) is 12.9 Å². The van der Waals surface area contributed by atoms with Crippen molar-refractivity contribution < 1.29 is 70.0 Å². The molecule has 2 atom stereocenters. The molecule has 0 saturated heterocycles. The van der Waals surface area contributed by atoms with Crippen LogP contribution in [0.4, 0.5) is 0 Å². The van der Waals surface area contributed by atoms with Crippen LogP contribution in [-0.2, 0) is 35.8 Å². The Kier molecular flexibility index (Phi) is 10.4. The first-order valence-electron chi connectivity index (χ1n) is 3.54. The van der Waals surface area contributed by atoms with Crippen LogP contribution in [0.15, 0.2) is 0 Å². The summed E-state index contributed by atoms with van der Waals surface area (Å²) in [6.07, 6.45) is 0. The smallest absolute Gasteiger partial charge is 0.326 e. The summed E-state index contributed by atoms with van der Waals surface area (Å²) in [5.41, 5.74) is 0. The fraction of sp³-hybridized carbons (Fsp3) is 0. The van der Waals surface area contributed by atoms with E-state index in [4.69, 9.17) is 34.3 Å². The molecule has 0 amide bonds. The van der Waals surface area contributed by atoms with Gasteiger partial charge in [-0.25, -0.2) is 18.0 Å². The minimum Gasteiger partial charge on any atom is -0.326 e. The first-order valence-corrected chi connectivity index (χ1v) is 10.6. The van der Waals surface area contributed by atoms with Crippen molar-refractivity contribution in [3.8, 4) is 0 Å². The molecule has 0 heterocycles. The highest BCUT2D eigenvalue weighted by Gasteiger charge is 2.38. The van der Waals surface area contributed by atoms with Gasteiger partial charge in [-0.3, -0.25) is 9.13 Å². The molecular formula is H9O15P5. The standard InChI is InChI=1S/H5O10P3.H4O5P2/c1-11(2,3)9-13(7,8)10-12(4,5)6;1-6(2)5-7(3)4/h(H,7,8)(H2,1,2,3)(H2,4,5,6);6-7H,(H,1,2)(H,3,4). The lowest BCUT2D eigenvalue weighted by atomic mass is 15.7. The minimum atomic E-state index is -5.46. The number of hydrogen-bond acceptors (Lipinski definition) is 8. The zero-order valence-electron chi connectivity index (χ0n) is 8.74. The molecule has 0 aromatic rings. The summed E-state index contributed by atoms with van der Waals surface area (Å²) in [6, 6.07) is 0. The fourth-order valence-electron chi connectivity index (χ4n) is 0.358. The topological polar surface area (TPSA) is 255 Å². The van der Waals surface area contributed by atoms with Crippen LogP contribution in [0.2, 0.25) is 0 Å². The Morgan fingerprint density at radius 2 is 0.950 bits per heavy atom. The third kappa shape index (κ3) is 21.1. The van der Waals surface area contributed by atoms with Crippen molar-refractivity contribution >= 4 is 40.0 Å². The molecule has 0 aliphatic rings. The van der Waals surface area contributed by atoms with Gasteiger partial charge < -0.3 is 34.3 Å². The van der Waals surface area contributed by atoms with E-state index in [0.29, 0.717) is 0 Å². The lowest BCUT2D eigenvalue weighted by Gasteiger charge is -2.11. The number of hydrogen-bond donors (Lipinski definition) is 7. The number of phosphoric acid groups is 3. The van der Waals surface area contributed by atoms with Crippen molar-refractivity contribution in [1.29, 1.82) is 0 Å². The molecule has 0 aliphatic heterocycles. The monoisotopic (exact) mass is 404 g/mol. The fourth-order valence-corrected chi connectivity index (χ4v) is 3.49. The van der Waals surface area contributed by atoms with Gasteiger partial charge in [-0.05, 0) is 0 Å². The van der Waals surface area contributed by atoms with E-state index in [-0.39, 0.29) is 0 Å². The molecule has 0 saturated carbocycles. The van der Waals surface area contributed by atoms with E-state index >= 15 is 0 Å². The highest BCUT2D eigenvalue weighted by Crippen LogP contribution is 2.64. The molecule has 2 unspecified atom stereocenters. The average Bonchev–Trinajstić information content (AvgIpc) is 1.88. The molecular weight excluding hydrogens is 395 g/mol. The van der Waals surface area contributed by atoms with Crippen LogP contribution in [-0.4, -0.2) is 34.3 Å². The molecule has 0 bridgehead atoms. The molecule has 0 aromatic heterocycles. The molecule has 0 aromatic carbocycles. The zero-order chi connectivity index (χ0) is 16.8. The minimum absolute atomic E-state index is 3.06. The second kappa shape index (κ2) is 9.02. The Morgan fingerprint density at radius 1 is 0.700 bits per heavy atom. The lowest BCUT2D eigenvalue weighted by molar-refractivity contribution is 0.204. The van der Waals surface area contributed by atoms with Crippen LogP contribution in [0.3, 0.4) is 0 Å². The summed E-state index contributed by atoms with van der Waals surface area (Å²) in [6.45, 7) is 0. The normalized spacial score (nSPS) is 15.9. The third-order valence-electron chi connectivity index (χ3n) is 0.594. The predicted octanol–water partition coefficient (Wildman–Crippen LogP) is -0.928. The summed E-state index contributed by atoms with van der Waals surface area (Å²) in [5.74, 6) is 0. The van der Waals surface area contributed by atoms with Crippen LogP contribution in [0.25, 0.3) is 0 Å². The van der Waals surface area contributed by atoms with E-state index in [1.165, 1.54) is 0 Å². The van der Waals surface area contributed by atoms with Gasteiger partial charge >= 0.3 is 40.0 Å². The van der Waals surface area contributed by atoms with Crippen molar-refractivity contribution in [3.05, 3.63) is 0 Å². The third-order valence-corrected chi connectivity index (χ3v) is 5.34. The Morgan fingerprint density at radius 3 is 1.05 bits per heavy atom. The first kappa shape index (κ1) is 23.0. The van der Waals surface area contributed by atoms with Crippen molar-refractivity contribution in [2.24, 2.45) is 0 Å². The van der Waals surface area contributed by atoms with E-state index in [9.17, 15) is 22.8 Å². The van der Waals surface area contributed by atoms with E-state index in [1.807, 2.05) is 0 Å². The molecule has 124 valence electrons. The van der Waals surface area contributed by atoms with Crippen molar-refractivity contribution in [2.75, 3.05) is 0 Å². The molecule has 0 spiro atoms. The van der Waals surface area contributed by atoms with Crippen LogP contribution < -0.4 is 0 Å². The molecule has 0 fully saturated rings. The van der Waals surface area contributed by atoms with E-state index in [1.54, 1.807) is 0 Å². The molecule has 7 N–H and O–H groups in total. The van der Waals surface area contributed by atoms with Crippen molar-refractivity contribution in [1.82, 2.24) is 0 Å². The SMILES string of the molecule is O=P(O)(O)OP(=O)(O)OP(=O)(O)O.O=[PH](O)O[PH](=O)O. The highest BCUT2D eigenvalue weighted by molar-refractivity contribution is 7.66. The summed E-state index contributed by atoms with van der Waals surface area (Å²) in [4.78, 5) is 55.6. The largest absolute Gasteiger partial charge is 0.490 e. The average molecular weight is 404 g/mol. The molecule has 0 aliphatic carbocycles. The van der Waals surface area contributed by atoms with Gasteiger partial charge in [0.05, 0.1) is 0 Å². The van der Waals surface area contributed by atoms with Gasteiger partial charge in [0.1, 0.15) is 0 Å². The Balaban J connectivity index is 0. The maximum absolute atomic E-state index is 10.4. The van der Waals surface area contributed by atoms with Gasteiger partial charge in [-0.15, -0.1) is 0 Å². The van der Waals surface area contributed by atoms with Crippen LogP contribution >= 0.6 is 40.0 Å². The van der Waals surface area contributed by atoms with E-state index < -0.39 is 40.0 Å². The molecule has 15 nitrogen and oxygen atoms in total. The van der Waals surface area contributed by atoms with Crippen LogP contribution in [0, 0.1) is 0 Å². The van der Waals surface area contributed by atoms with Crippen LogP contribution in [0.1, 0.15) is 0 Å². The van der Waals surface area contributed by atoms with Crippen molar-refractivity contribution in [3.63, 3.8) is 0 Å².